The van der Waals surface area contributed by atoms with Gasteiger partial charge in [0.25, 0.3) is 0 Å². The van der Waals surface area contributed by atoms with Crippen LogP contribution in [0, 0.1) is 0 Å². The number of carbonyl (C=O) groups is 1. The number of ketones is 1. The molecule has 0 saturated carbocycles. The van der Waals surface area contributed by atoms with Crippen molar-refractivity contribution >= 4 is 5.78 Å². The minimum atomic E-state index is -0.599. The molecule has 1 atom stereocenters. The number of fused-ring (bicyclic) bond motifs is 1. The molecule has 1 aliphatic carbocycles. The third-order valence-corrected chi connectivity index (χ3v) is 2.29. The van der Waals surface area contributed by atoms with Crippen LogP contribution in [-0.2, 0) is 12.8 Å². The van der Waals surface area contributed by atoms with Crippen LogP contribution < -0.4 is 0 Å². The molecule has 1 aliphatic rings. The van der Waals surface area contributed by atoms with Crippen molar-refractivity contribution < 1.29 is 14.4 Å². The highest BCUT2D eigenvalue weighted by Gasteiger charge is 2.29. The molecule has 70 valence electrons. The van der Waals surface area contributed by atoms with Crippen LogP contribution in [0.5, 0.6) is 0 Å². The molecule has 0 bridgehead atoms. The van der Waals surface area contributed by atoms with Gasteiger partial charge in [0.15, 0.2) is 5.78 Å². The molecule has 0 spiro atoms. The highest BCUT2D eigenvalue weighted by Crippen LogP contribution is 2.24. The van der Waals surface area contributed by atoms with Gasteiger partial charge in [0.1, 0.15) is 5.76 Å². The molecule has 0 fully saturated rings. The lowest BCUT2D eigenvalue weighted by Crippen LogP contribution is -2.23. The van der Waals surface area contributed by atoms with Crippen molar-refractivity contribution in [1.82, 2.24) is 5.16 Å². The van der Waals surface area contributed by atoms with Gasteiger partial charge in [0, 0.05) is 12.8 Å². The number of aromatic nitrogens is 1. The van der Waals surface area contributed by atoms with E-state index in [1.807, 2.05) is 6.92 Å². The van der Waals surface area contributed by atoms with Crippen LogP contribution in [0.15, 0.2) is 4.52 Å². The normalized spacial score (nSPS) is 21.7. The molecule has 4 nitrogen and oxygen atoms in total. The summed E-state index contributed by atoms with van der Waals surface area (Å²) in [7, 11) is 0. The van der Waals surface area contributed by atoms with E-state index in [2.05, 4.69) is 5.16 Å². The van der Waals surface area contributed by atoms with Gasteiger partial charge < -0.3 is 9.63 Å². The standard InChI is InChI=1S/C9H11NO3/c1-2-6-9-7(12)3-5(11)4-8(9)13-10-6/h5,11H,2-4H2,1H3. The fourth-order valence-electron chi connectivity index (χ4n) is 1.66. The van der Waals surface area contributed by atoms with E-state index in [1.165, 1.54) is 0 Å². The van der Waals surface area contributed by atoms with Crippen molar-refractivity contribution in [2.45, 2.75) is 32.3 Å². The van der Waals surface area contributed by atoms with Crippen LogP contribution in [0.2, 0.25) is 0 Å². The molecule has 4 heteroatoms. The molecular weight excluding hydrogens is 170 g/mol. The van der Waals surface area contributed by atoms with Gasteiger partial charge in [-0.3, -0.25) is 4.79 Å². The molecule has 0 amide bonds. The minimum absolute atomic E-state index is 0.0492. The Hall–Kier alpha value is -1.16. The summed E-state index contributed by atoms with van der Waals surface area (Å²) in [4.78, 5) is 11.5. The number of aliphatic hydroxyl groups excluding tert-OH is 1. The van der Waals surface area contributed by atoms with Gasteiger partial charge >= 0.3 is 0 Å². The number of aliphatic hydroxyl groups is 1. The van der Waals surface area contributed by atoms with Crippen LogP contribution in [0.1, 0.15) is 35.2 Å². The van der Waals surface area contributed by atoms with Crippen molar-refractivity contribution in [1.29, 1.82) is 0 Å². The predicted molar refractivity (Wildman–Crippen MR) is 44.5 cm³/mol. The van der Waals surface area contributed by atoms with E-state index in [1.54, 1.807) is 0 Å². The van der Waals surface area contributed by atoms with Gasteiger partial charge in [0.05, 0.1) is 17.4 Å². The maximum absolute atomic E-state index is 11.5. The Kier molecular flexibility index (Phi) is 1.92. The maximum atomic E-state index is 11.5. The summed E-state index contributed by atoms with van der Waals surface area (Å²) in [5.41, 5.74) is 1.32. The Morgan fingerprint density at radius 2 is 2.38 bits per heavy atom. The predicted octanol–water partition coefficient (Wildman–Crippen LogP) is 0.727. The van der Waals surface area contributed by atoms with E-state index < -0.39 is 6.10 Å². The summed E-state index contributed by atoms with van der Waals surface area (Å²) < 4.78 is 4.99. The first-order valence-electron chi connectivity index (χ1n) is 4.41. The van der Waals surface area contributed by atoms with E-state index in [4.69, 9.17) is 4.52 Å². The summed E-state index contributed by atoms with van der Waals surface area (Å²) in [6.07, 6.45) is 0.702. The lowest BCUT2D eigenvalue weighted by atomic mass is 9.92. The molecule has 1 heterocycles. The Labute approximate surface area is 75.5 Å². The fraction of sp³-hybridized carbons (Fsp3) is 0.556. The Morgan fingerprint density at radius 1 is 1.62 bits per heavy atom. The highest BCUT2D eigenvalue weighted by molar-refractivity contribution is 5.99. The zero-order chi connectivity index (χ0) is 9.42. The van der Waals surface area contributed by atoms with Crippen LogP contribution in [-0.4, -0.2) is 22.2 Å². The zero-order valence-electron chi connectivity index (χ0n) is 7.41. The first kappa shape index (κ1) is 8.44. The molecule has 1 unspecified atom stereocenters. The highest BCUT2D eigenvalue weighted by atomic mass is 16.5. The van der Waals surface area contributed by atoms with Gasteiger partial charge in [-0.2, -0.15) is 0 Å². The van der Waals surface area contributed by atoms with Crippen molar-refractivity contribution in [3.05, 3.63) is 17.0 Å². The number of Topliss-reactive ketones (excluding diaryl/α,β-unsaturated/α-hetero) is 1. The summed E-state index contributed by atoms with van der Waals surface area (Å²) >= 11 is 0. The number of aryl methyl sites for hydroxylation is 1. The van der Waals surface area contributed by atoms with E-state index >= 15 is 0 Å². The topological polar surface area (TPSA) is 63.3 Å². The molecule has 0 aromatic carbocycles. The molecule has 0 radical (unpaired) electrons. The summed E-state index contributed by atoms with van der Waals surface area (Å²) in [5, 5.41) is 13.1. The number of hydrogen-bond donors (Lipinski definition) is 1. The molecule has 0 saturated heterocycles. The summed E-state index contributed by atoms with van der Waals surface area (Å²) in [6, 6.07) is 0. The van der Waals surface area contributed by atoms with Crippen molar-refractivity contribution in [2.24, 2.45) is 0 Å². The Balaban J connectivity index is 2.46. The minimum Gasteiger partial charge on any atom is -0.392 e. The van der Waals surface area contributed by atoms with Gasteiger partial charge in [-0.15, -0.1) is 0 Å². The van der Waals surface area contributed by atoms with Crippen LogP contribution in [0.25, 0.3) is 0 Å². The van der Waals surface area contributed by atoms with E-state index in [0.29, 0.717) is 29.9 Å². The van der Waals surface area contributed by atoms with Crippen LogP contribution >= 0.6 is 0 Å². The smallest absolute Gasteiger partial charge is 0.170 e. The second kappa shape index (κ2) is 2.96. The second-order valence-corrected chi connectivity index (χ2v) is 3.27. The molecule has 1 aromatic heterocycles. The Bertz CT molecular complexity index is 343. The Morgan fingerprint density at radius 3 is 3.08 bits per heavy atom. The molecule has 1 aromatic rings. The number of carbonyl (C=O) groups excluding carboxylic acids is 1. The first-order chi connectivity index (χ1) is 6.22. The van der Waals surface area contributed by atoms with Crippen molar-refractivity contribution in [3.8, 4) is 0 Å². The number of nitrogens with zero attached hydrogens (tertiary/aromatic N) is 1. The quantitative estimate of drug-likeness (QED) is 0.693. The van der Waals surface area contributed by atoms with Gasteiger partial charge in [-0.25, -0.2) is 0 Å². The zero-order valence-corrected chi connectivity index (χ0v) is 7.41. The van der Waals surface area contributed by atoms with E-state index in [0.717, 1.165) is 0 Å². The molecule has 13 heavy (non-hydrogen) atoms. The third kappa shape index (κ3) is 1.27. The summed E-state index contributed by atoms with van der Waals surface area (Å²) in [5.74, 6) is 0.493. The number of rotatable bonds is 1. The lowest BCUT2D eigenvalue weighted by Gasteiger charge is -2.13. The van der Waals surface area contributed by atoms with Crippen LogP contribution in [0.4, 0.5) is 0 Å². The monoisotopic (exact) mass is 181 g/mol. The average molecular weight is 181 g/mol. The SMILES string of the molecule is CCc1noc2c1C(=O)CC(O)C2. The second-order valence-electron chi connectivity index (χ2n) is 3.27. The van der Waals surface area contributed by atoms with Gasteiger partial charge in [-0.05, 0) is 6.42 Å². The molecule has 2 rings (SSSR count). The van der Waals surface area contributed by atoms with Gasteiger partial charge in [0.2, 0.25) is 0 Å². The first-order valence-corrected chi connectivity index (χ1v) is 4.41. The largest absolute Gasteiger partial charge is 0.392 e. The molecular formula is C9H11NO3. The third-order valence-electron chi connectivity index (χ3n) is 2.29. The fourth-order valence-corrected chi connectivity index (χ4v) is 1.66. The van der Waals surface area contributed by atoms with E-state index in [9.17, 15) is 9.90 Å². The average Bonchev–Trinajstić information content (AvgIpc) is 2.47. The summed E-state index contributed by atoms with van der Waals surface area (Å²) in [6.45, 7) is 1.93. The maximum Gasteiger partial charge on any atom is 0.170 e. The van der Waals surface area contributed by atoms with Crippen molar-refractivity contribution in [3.63, 3.8) is 0 Å². The van der Waals surface area contributed by atoms with Crippen molar-refractivity contribution in [2.75, 3.05) is 0 Å². The number of hydrogen-bond acceptors (Lipinski definition) is 4. The van der Waals surface area contributed by atoms with Crippen LogP contribution in [0.3, 0.4) is 0 Å². The van der Waals surface area contributed by atoms with E-state index in [-0.39, 0.29) is 12.2 Å². The lowest BCUT2D eigenvalue weighted by molar-refractivity contribution is 0.0834. The molecule has 1 N–H and O–H groups in total. The van der Waals surface area contributed by atoms with Gasteiger partial charge in [-0.1, -0.05) is 12.1 Å². The molecule has 0 aliphatic heterocycles.